The summed E-state index contributed by atoms with van der Waals surface area (Å²) in [6.45, 7) is -0.405. The number of hydrogen-bond donors (Lipinski definition) is 3. The van der Waals surface area contributed by atoms with E-state index in [1.165, 1.54) is 6.07 Å². The Morgan fingerprint density at radius 2 is 1.77 bits per heavy atom. The van der Waals surface area contributed by atoms with E-state index in [1.54, 1.807) is 60.8 Å². The van der Waals surface area contributed by atoms with Crippen LogP contribution in [-0.2, 0) is 22.6 Å². The maximum absolute atomic E-state index is 12.2. The van der Waals surface area contributed by atoms with Gasteiger partial charge < -0.3 is 20.3 Å². The lowest BCUT2D eigenvalue weighted by Crippen LogP contribution is -2.31. The number of nitrogens with zero attached hydrogens (tertiary/aromatic N) is 2. The van der Waals surface area contributed by atoms with E-state index < -0.39 is 29.8 Å². The number of hydrogen-bond acceptors (Lipinski definition) is 5. The number of aromatic nitrogens is 1. The molecule has 31 heavy (non-hydrogen) atoms. The van der Waals surface area contributed by atoms with Gasteiger partial charge in [0.2, 0.25) is 0 Å². The van der Waals surface area contributed by atoms with Gasteiger partial charge in [0.05, 0.1) is 12.2 Å². The van der Waals surface area contributed by atoms with Crippen LogP contribution in [0.4, 0.5) is 16.2 Å². The van der Waals surface area contributed by atoms with E-state index in [0.717, 1.165) is 15.6 Å². The van der Waals surface area contributed by atoms with E-state index in [9.17, 15) is 18.4 Å². The van der Waals surface area contributed by atoms with Crippen LogP contribution in [0.5, 0.6) is 0 Å². The van der Waals surface area contributed by atoms with Crippen molar-refractivity contribution in [3.63, 3.8) is 0 Å². The molecule has 0 saturated carbocycles. The van der Waals surface area contributed by atoms with Crippen LogP contribution in [-0.4, -0.2) is 37.4 Å². The Hall–Kier alpha value is -3.76. The third-order valence-electron chi connectivity index (χ3n) is 4.20. The third-order valence-corrected chi connectivity index (χ3v) is 4.90. The van der Waals surface area contributed by atoms with E-state index in [2.05, 4.69) is 15.6 Å². The molecule has 1 unspecified atom stereocenters. The maximum atomic E-state index is 12.2. The summed E-state index contributed by atoms with van der Waals surface area (Å²) in [7, 11) is 0. The first-order valence-corrected chi connectivity index (χ1v) is 10.2. The minimum Gasteiger partial charge on any atom is -0.755 e. The van der Waals surface area contributed by atoms with Crippen LogP contribution in [0.2, 0.25) is 0 Å². The van der Waals surface area contributed by atoms with Gasteiger partial charge in [-0.3, -0.25) is 18.3 Å². The minimum absolute atomic E-state index is 0.222. The first-order chi connectivity index (χ1) is 14.9. The fourth-order valence-corrected chi connectivity index (χ4v) is 3.32. The van der Waals surface area contributed by atoms with Crippen molar-refractivity contribution in [1.82, 2.24) is 10.3 Å². The average Bonchev–Trinajstić information content (AvgIpc) is 2.77. The largest absolute Gasteiger partial charge is 0.755 e. The fraction of sp³-hybridized carbons (Fsp3) is 0.0952. The summed E-state index contributed by atoms with van der Waals surface area (Å²) in [6.07, 6.45) is 1.65. The molecule has 0 fully saturated rings. The second-order valence-electron chi connectivity index (χ2n) is 6.41. The van der Waals surface area contributed by atoms with Crippen molar-refractivity contribution in [2.24, 2.45) is 0 Å². The number of nitrogens with one attached hydrogen (secondary N) is 2. The molecule has 3 aromatic rings. The van der Waals surface area contributed by atoms with E-state index in [4.69, 9.17) is 5.11 Å². The van der Waals surface area contributed by atoms with Crippen LogP contribution in [0.25, 0.3) is 11.1 Å². The molecule has 0 saturated heterocycles. The number of amides is 2. The van der Waals surface area contributed by atoms with Crippen LogP contribution < -0.4 is 14.9 Å². The van der Waals surface area contributed by atoms with Gasteiger partial charge >= 0.3 is 12.0 Å². The van der Waals surface area contributed by atoms with Crippen LogP contribution >= 0.6 is 0 Å². The number of pyridine rings is 1. The number of carbonyl (C=O) groups excluding carboxylic acids is 1. The molecule has 0 aliphatic rings. The molecule has 0 spiro atoms. The normalized spacial score (nSPS) is 11.4. The number of carboxylic acid groups (broad SMARTS) is 1. The molecular formula is C21H19N4O5S-. The lowest BCUT2D eigenvalue weighted by Gasteiger charge is -2.25. The predicted octanol–water partition coefficient (Wildman–Crippen LogP) is 2.76. The number of benzene rings is 2. The summed E-state index contributed by atoms with van der Waals surface area (Å²) in [5, 5.41) is 14.4. The van der Waals surface area contributed by atoms with Gasteiger partial charge in [-0.25, -0.2) is 4.79 Å². The molecule has 1 aromatic heterocycles. The van der Waals surface area contributed by atoms with Crippen molar-refractivity contribution in [1.29, 1.82) is 0 Å². The monoisotopic (exact) mass is 439 g/mol. The van der Waals surface area contributed by atoms with E-state index in [-0.39, 0.29) is 12.2 Å². The van der Waals surface area contributed by atoms with E-state index >= 15 is 0 Å². The number of carboxylic acids is 1. The summed E-state index contributed by atoms with van der Waals surface area (Å²) < 4.78 is 23.6. The first kappa shape index (κ1) is 21.9. The number of carbonyl (C=O) groups is 2. The molecule has 1 heterocycles. The first-order valence-electron chi connectivity index (χ1n) is 9.16. The van der Waals surface area contributed by atoms with Crippen molar-refractivity contribution in [3.8, 4) is 11.1 Å². The zero-order valence-electron chi connectivity index (χ0n) is 16.2. The van der Waals surface area contributed by atoms with Crippen molar-refractivity contribution in [3.05, 3.63) is 78.6 Å². The molecule has 0 aliphatic heterocycles. The molecule has 3 rings (SSSR count). The predicted molar refractivity (Wildman–Crippen MR) is 116 cm³/mol. The molecule has 2 amide bonds. The molecule has 2 aromatic carbocycles. The SMILES string of the molecule is O=C(O)CN(c1cccc(-c2cccc(NC(=O)NCc3ccccn3)c2)c1)S(=O)[O-]. The van der Waals surface area contributed by atoms with Gasteiger partial charge in [0.25, 0.3) is 0 Å². The summed E-state index contributed by atoms with van der Waals surface area (Å²) in [5.74, 6) is -1.27. The molecule has 1 atom stereocenters. The second kappa shape index (κ2) is 10.3. The molecule has 160 valence electrons. The highest BCUT2D eigenvalue weighted by Gasteiger charge is 2.13. The Morgan fingerprint density at radius 1 is 1.03 bits per heavy atom. The van der Waals surface area contributed by atoms with Gasteiger partial charge in [-0.15, -0.1) is 0 Å². The van der Waals surface area contributed by atoms with E-state index in [0.29, 0.717) is 11.3 Å². The minimum atomic E-state index is -2.74. The van der Waals surface area contributed by atoms with Crippen molar-refractivity contribution < 1.29 is 23.5 Å². The number of rotatable bonds is 8. The zero-order chi connectivity index (χ0) is 22.2. The zero-order valence-corrected chi connectivity index (χ0v) is 17.0. The standard InChI is InChI=1S/C21H20N4O5S/c26-20(27)14-25(31(29)30)19-9-4-6-16(12-19)15-5-3-8-17(11-15)24-21(28)23-13-18-7-1-2-10-22-18/h1-12H,13-14H2,(H,26,27)(H,29,30)(H2,23,24,28)/p-1. The highest BCUT2D eigenvalue weighted by molar-refractivity contribution is 7.80. The number of aliphatic carboxylic acids is 1. The van der Waals surface area contributed by atoms with Gasteiger partial charge in [0.15, 0.2) is 0 Å². The second-order valence-corrected chi connectivity index (χ2v) is 7.28. The number of urea groups is 1. The van der Waals surface area contributed by atoms with Gasteiger partial charge in [0.1, 0.15) is 6.54 Å². The Balaban J connectivity index is 1.73. The molecule has 9 nitrogen and oxygen atoms in total. The Kier molecular flexibility index (Phi) is 7.31. The molecule has 0 bridgehead atoms. The van der Waals surface area contributed by atoms with Crippen molar-refractivity contribution in [2.45, 2.75) is 6.54 Å². The van der Waals surface area contributed by atoms with Crippen LogP contribution in [0, 0.1) is 0 Å². The molecule has 0 radical (unpaired) electrons. The fourth-order valence-electron chi connectivity index (χ4n) is 2.82. The van der Waals surface area contributed by atoms with Crippen LogP contribution in [0.3, 0.4) is 0 Å². The van der Waals surface area contributed by atoms with Crippen molar-refractivity contribution in [2.75, 3.05) is 16.2 Å². The average molecular weight is 439 g/mol. The van der Waals surface area contributed by atoms with Crippen molar-refractivity contribution >= 4 is 34.6 Å². The third kappa shape index (κ3) is 6.36. The molecular weight excluding hydrogens is 420 g/mol. The lowest BCUT2D eigenvalue weighted by atomic mass is 10.0. The quantitative estimate of drug-likeness (QED) is 0.462. The number of anilines is 2. The Morgan fingerprint density at radius 3 is 2.45 bits per heavy atom. The highest BCUT2D eigenvalue weighted by Crippen LogP contribution is 2.27. The van der Waals surface area contributed by atoms with Gasteiger partial charge in [0, 0.05) is 28.8 Å². The molecule has 10 heteroatoms. The van der Waals surface area contributed by atoms with Gasteiger partial charge in [-0.2, -0.15) is 0 Å². The summed E-state index contributed by atoms with van der Waals surface area (Å²) in [4.78, 5) is 27.3. The Labute approximate surface area is 181 Å². The lowest BCUT2D eigenvalue weighted by molar-refractivity contribution is -0.135. The topological polar surface area (TPSA) is 135 Å². The van der Waals surface area contributed by atoms with Crippen LogP contribution in [0.15, 0.2) is 72.9 Å². The maximum Gasteiger partial charge on any atom is 0.324 e. The highest BCUT2D eigenvalue weighted by atomic mass is 32.2. The molecule has 0 aliphatic carbocycles. The smallest absolute Gasteiger partial charge is 0.324 e. The van der Waals surface area contributed by atoms with Gasteiger partial charge in [-0.1, -0.05) is 30.3 Å². The molecule has 3 N–H and O–H groups in total. The summed E-state index contributed by atoms with van der Waals surface area (Å²) in [5.41, 5.74) is 2.87. The van der Waals surface area contributed by atoms with E-state index in [1.807, 2.05) is 6.07 Å². The van der Waals surface area contributed by atoms with Crippen LogP contribution in [0.1, 0.15) is 5.69 Å². The Bertz CT molecular complexity index is 1090. The summed E-state index contributed by atoms with van der Waals surface area (Å²) >= 11 is -2.74. The summed E-state index contributed by atoms with van der Waals surface area (Å²) in [6, 6.07) is 18.5. The van der Waals surface area contributed by atoms with Gasteiger partial charge in [-0.05, 0) is 47.5 Å².